The van der Waals surface area contributed by atoms with Gasteiger partial charge >= 0.3 is 87.8 Å². The first-order valence-electron chi connectivity index (χ1n) is 0.189. The Labute approximate surface area is 85.9 Å². The van der Waals surface area contributed by atoms with Gasteiger partial charge in [-0.25, -0.2) is 0 Å². The monoisotopic (exact) mass is 131 g/mol. The van der Waals surface area contributed by atoms with Gasteiger partial charge in [0, 0.05) is 0 Å². The molecule has 0 aromatic carbocycles. The van der Waals surface area contributed by atoms with Crippen LogP contribution in [0.2, 0.25) is 0 Å². The summed E-state index contributed by atoms with van der Waals surface area (Å²) >= 11 is 1.47. The Balaban J connectivity index is -0.00000000500. The molecule has 0 heterocycles. The van der Waals surface area contributed by atoms with E-state index in [2.05, 4.69) is 9.30 Å². The fraction of sp³-hybridized carbons (Fsp3) is 0. The standard InChI is InChI=1S/ClH.2Na.Ti.2H/h1H;;;;;/q;;;+1;;/p-1. The Kier molecular flexibility index (Phi) is 65.6. The van der Waals surface area contributed by atoms with Crippen LogP contribution in [0.1, 0.15) is 0 Å². The van der Waals surface area contributed by atoms with Crippen molar-refractivity contribution in [2.24, 2.45) is 0 Å². The molecule has 0 unspecified atom stereocenters. The molecule has 0 saturated carbocycles. The summed E-state index contributed by atoms with van der Waals surface area (Å²) in [5, 5.41) is 0. The molecule has 0 fully saturated rings. The van der Waals surface area contributed by atoms with E-state index >= 15 is 0 Å². The van der Waals surface area contributed by atoms with Crippen LogP contribution in [0.5, 0.6) is 0 Å². The van der Waals surface area contributed by atoms with Crippen LogP contribution in [0.4, 0.5) is 0 Å². The summed E-state index contributed by atoms with van der Waals surface area (Å²) in [5.74, 6) is 0. The molecule has 0 atom stereocenters. The molecule has 0 spiro atoms. The first-order chi connectivity index (χ1) is 1.00. The van der Waals surface area contributed by atoms with Crippen molar-refractivity contribution in [2.75, 3.05) is 0 Å². The molecule has 0 nitrogen and oxygen atoms in total. The van der Waals surface area contributed by atoms with E-state index in [9.17, 15) is 0 Å². The Hall–Kier alpha value is 3.00. The van der Waals surface area contributed by atoms with Crippen LogP contribution in [0.25, 0.3) is 0 Å². The molecule has 15 valence electrons. The molecule has 0 aliphatic carbocycles. The molecule has 0 aliphatic rings. The molecule has 0 amide bonds. The van der Waals surface area contributed by atoms with Crippen LogP contribution in [0, 0.1) is 0 Å². The van der Waals surface area contributed by atoms with E-state index in [0.29, 0.717) is 0 Å². The van der Waals surface area contributed by atoms with Gasteiger partial charge in [-0.05, 0) is 0 Å². The summed E-state index contributed by atoms with van der Waals surface area (Å²) < 4.78 is 0. The minimum absolute atomic E-state index is 0. The van der Waals surface area contributed by atoms with Gasteiger partial charge in [-0.15, -0.1) is 0 Å². The molecule has 0 N–H and O–H groups in total. The van der Waals surface area contributed by atoms with Crippen LogP contribution >= 0.6 is 9.30 Å². The van der Waals surface area contributed by atoms with Crippen molar-refractivity contribution in [3.8, 4) is 0 Å². The normalized spacial score (nSPS) is 1.00. The van der Waals surface area contributed by atoms with E-state index in [1.165, 1.54) is 19.4 Å². The molecule has 0 bridgehead atoms. The molecule has 0 rings (SSSR count). The Morgan fingerprint density at radius 2 is 1.00 bits per heavy atom. The molecule has 0 saturated heterocycles. The summed E-state index contributed by atoms with van der Waals surface area (Å²) in [4.78, 5) is 0. The Morgan fingerprint density at radius 3 is 1.00 bits per heavy atom. The van der Waals surface area contributed by atoms with Gasteiger partial charge < -0.3 is 0 Å². The minimum atomic E-state index is 0. The zero-order chi connectivity index (χ0) is 2.00. The van der Waals surface area contributed by atoms with Crippen LogP contribution in [0.15, 0.2) is 0 Å². The summed E-state index contributed by atoms with van der Waals surface area (Å²) in [7, 11) is 4.64. The third-order valence-corrected chi connectivity index (χ3v) is 0. The van der Waals surface area contributed by atoms with E-state index in [-0.39, 0.29) is 59.1 Å². The molecule has 4 heavy (non-hydrogen) atoms. The fourth-order valence-electron chi connectivity index (χ4n) is 0. The molecule has 0 aromatic rings. The number of hydrogen-bond donors (Lipinski definition) is 0. The third-order valence-electron chi connectivity index (χ3n) is 0. The van der Waals surface area contributed by atoms with Crippen molar-refractivity contribution in [1.82, 2.24) is 0 Å². The second-order valence-corrected chi connectivity index (χ2v) is 0. The van der Waals surface area contributed by atoms with Crippen molar-refractivity contribution in [3.63, 3.8) is 0 Å². The molecule has 0 aromatic heterocycles. The van der Waals surface area contributed by atoms with Crippen LogP contribution in [-0.4, -0.2) is 59.1 Å². The van der Waals surface area contributed by atoms with E-state index in [0.717, 1.165) is 0 Å². The molecule has 0 aliphatic heterocycles. The summed E-state index contributed by atoms with van der Waals surface area (Å²) in [6.45, 7) is 0. The summed E-state index contributed by atoms with van der Waals surface area (Å²) in [6.07, 6.45) is 0. The quantitative estimate of drug-likeness (QED) is 0.385. The van der Waals surface area contributed by atoms with Crippen LogP contribution in [-0.2, 0) is 19.4 Å². The van der Waals surface area contributed by atoms with Crippen molar-refractivity contribution < 1.29 is 19.4 Å². The topological polar surface area (TPSA) is 0 Å². The number of rotatable bonds is 0. The van der Waals surface area contributed by atoms with Gasteiger partial charge in [-0.3, -0.25) is 0 Å². The third kappa shape index (κ3) is 8.89. The first-order valence-corrected chi connectivity index (χ1v) is 2.34. The summed E-state index contributed by atoms with van der Waals surface area (Å²) in [6, 6.07) is 0. The van der Waals surface area contributed by atoms with E-state index in [1.54, 1.807) is 0 Å². The number of hydrogen-bond acceptors (Lipinski definition) is 0. The van der Waals surface area contributed by atoms with Crippen molar-refractivity contribution in [3.05, 3.63) is 0 Å². The van der Waals surface area contributed by atoms with Gasteiger partial charge in [0.15, 0.2) is 0 Å². The molecular weight excluding hydrogens is 129 g/mol. The van der Waals surface area contributed by atoms with E-state index < -0.39 is 0 Å². The van der Waals surface area contributed by atoms with Gasteiger partial charge in [0.2, 0.25) is 0 Å². The predicted molar refractivity (Wildman–Crippen MR) is 20.2 cm³/mol. The zero-order valence-electron chi connectivity index (χ0n) is 0.878. The van der Waals surface area contributed by atoms with Gasteiger partial charge in [-0.2, -0.15) is 0 Å². The average molecular weight is 131 g/mol. The fourth-order valence-corrected chi connectivity index (χ4v) is 0. The molecule has 0 radical (unpaired) electrons. The first kappa shape index (κ1) is 15.7. The van der Waals surface area contributed by atoms with Gasteiger partial charge in [0.1, 0.15) is 0 Å². The molecule has 4 heteroatoms. The Bertz CT molecular complexity index is 6.00. The second kappa shape index (κ2) is 16.7. The average Bonchev–Trinajstić information content (AvgIpc) is 1.00. The summed E-state index contributed by atoms with van der Waals surface area (Å²) in [5.41, 5.74) is 0. The maximum atomic E-state index is 4.64. The predicted octanol–water partition coefficient (Wildman–Crippen LogP) is -0.610. The second-order valence-electron chi connectivity index (χ2n) is 0. The van der Waals surface area contributed by atoms with Crippen LogP contribution < -0.4 is 0 Å². The van der Waals surface area contributed by atoms with E-state index in [4.69, 9.17) is 0 Å². The SMILES string of the molecule is [Cl][Ti].[NaH].[NaH]. The van der Waals surface area contributed by atoms with Gasteiger partial charge in [0.05, 0.1) is 0 Å². The zero-order valence-corrected chi connectivity index (χ0v) is 3.20. The Morgan fingerprint density at radius 1 is 1.00 bits per heavy atom. The number of halogens is 1. The van der Waals surface area contributed by atoms with Crippen molar-refractivity contribution in [1.29, 1.82) is 0 Å². The van der Waals surface area contributed by atoms with E-state index in [1.807, 2.05) is 0 Å². The molecular formula is H2ClNa2Ti. The van der Waals surface area contributed by atoms with Gasteiger partial charge in [-0.1, -0.05) is 0 Å². The van der Waals surface area contributed by atoms with Crippen molar-refractivity contribution in [2.45, 2.75) is 0 Å². The van der Waals surface area contributed by atoms with Gasteiger partial charge in [0.25, 0.3) is 0 Å². The maximum absolute atomic E-state index is 4.64. The van der Waals surface area contributed by atoms with Crippen LogP contribution in [0.3, 0.4) is 0 Å². The van der Waals surface area contributed by atoms with Crippen molar-refractivity contribution >= 4 is 68.4 Å².